The quantitative estimate of drug-likeness (QED) is 0.186. The van der Waals surface area contributed by atoms with E-state index in [1.165, 1.54) is 12.1 Å². The monoisotopic (exact) mass is 588 g/mol. The lowest BCUT2D eigenvalue weighted by Crippen LogP contribution is -2.39. The Labute approximate surface area is 244 Å². The number of anilines is 2. The normalized spacial score (nSPS) is 11.6. The number of aryl methyl sites for hydroxylation is 2. The molecular weight excluding hydrogens is 560 g/mol. The van der Waals surface area contributed by atoms with Crippen LogP contribution in [0.2, 0.25) is 5.02 Å². The smallest absolute Gasteiger partial charge is 0.264 e. The first kappa shape index (κ1) is 29.5. The van der Waals surface area contributed by atoms with E-state index in [0.717, 1.165) is 15.4 Å². The van der Waals surface area contributed by atoms with Gasteiger partial charge in [-0.3, -0.25) is 13.9 Å². The van der Waals surface area contributed by atoms with Crippen LogP contribution in [0.25, 0.3) is 0 Å². The number of hydrazone groups is 1. The van der Waals surface area contributed by atoms with Gasteiger partial charge in [-0.05, 0) is 92.1 Å². The number of carbonyl (C=O) groups excluding carboxylic acids is 2. The van der Waals surface area contributed by atoms with E-state index >= 15 is 0 Å². The summed E-state index contributed by atoms with van der Waals surface area (Å²) in [6.45, 7) is 5.02. The summed E-state index contributed by atoms with van der Waals surface area (Å²) in [6.07, 6.45) is 0. The molecule has 0 heterocycles. The summed E-state index contributed by atoms with van der Waals surface area (Å²) in [7, 11) is -4.04. The number of hydrogen-bond acceptors (Lipinski definition) is 5. The van der Waals surface area contributed by atoms with Crippen molar-refractivity contribution in [2.45, 2.75) is 25.7 Å². The second kappa shape index (κ2) is 12.8. The van der Waals surface area contributed by atoms with Crippen molar-refractivity contribution in [2.24, 2.45) is 5.10 Å². The Morgan fingerprint density at radius 2 is 1.54 bits per heavy atom. The van der Waals surface area contributed by atoms with E-state index < -0.39 is 22.5 Å². The molecule has 41 heavy (non-hydrogen) atoms. The fourth-order valence-corrected chi connectivity index (χ4v) is 5.57. The standard InChI is InChI=1S/C31H29ClN4O4S/c1-21-15-16-28(17-22(21)2)36(41(39,40)29-13-5-4-6-14-29)20-30(37)35-34-23(3)24-9-8-12-27(19-24)33-31(38)25-10-7-11-26(32)18-25/h4-19H,20H2,1-3H3,(H,33,38)(H,35,37)/b34-23-. The zero-order valence-electron chi connectivity index (χ0n) is 22.8. The Bertz CT molecular complexity index is 1720. The lowest BCUT2D eigenvalue weighted by Gasteiger charge is -2.24. The Balaban J connectivity index is 1.51. The highest BCUT2D eigenvalue weighted by molar-refractivity contribution is 7.92. The minimum Gasteiger partial charge on any atom is -0.322 e. The molecule has 4 aromatic rings. The molecule has 210 valence electrons. The van der Waals surface area contributed by atoms with Gasteiger partial charge in [-0.25, -0.2) is 13.8 Å². The highest BCUT2D eigenvalue weighted by Crippen LogP contribution is 2.25. The average Bonchev–Trinajstić information content (AvgIpc) is 2.96. The van der Waals surface area contributed by atoms with E-state index in [0.29, 0.717) is 33.2 Å². The number of amides is 2. The second-order valence-corrected chi connectivity index (χ2v) is 11.7. The first-order chi connectivity index (χ1) is 19.5. The molecule has 0 aliphatic rings. The molecule has 2 amide bonds. The number of carbonyl (C=O) groups is 2. The van der Waals surface area contributed by atoms with Crippen LogP contribution >= 0.6 is 11.6 Å². The highest BCUT2D eigenvalue weighted by Gasteiger charge is 2.27. The lowest BCUT2D eigenvalue weighted by atomic mass is 10.1. The summed E-state index contributed by atoms with van der Waals surface area (Å²) in [5.74, 6) is -0.939. The molecule has 0 aliphatic heterocycles. The molecule has 10 heteroatoms. The largest absolute Gasteiger partial charge is 0.322 e. The van der Waals surface area contributed by atoms with Crippen LogP contribution in [0.15, 0.2) is 107 Å². The number of nitrogens with zero attached hydrogens (tertiary/aromatic N) is 2. The molecule has 0 unspecified atom stereocenters. The predicted octanol–water partition coefficient (Wildman–Crippen LogP) is 5.94. The Hall–Kier alpha value is -4.47. The van der Waals surface area contributed by atoms with Gasteiger partial charge in [0.05, 0.1) is 16.3 Å². The number of benzene rings is 4. The van der Waals surface area contributed by atoms with Gasteiger partial charge in [-0.1, -0.05) is 54.1 Å². The summed E-state index contributed by atoms with van der Waals surface area (Å²) in [4.78, 5) is 25.7. The number of nitrogens with one attached hydrogen (secondary N) is 2. The molecular formula is C31H29ClN4O4S. The zero-order valence-corrected chi connectivity index (χ0v) is 24.3. The van der Waals surface area contributed by atoms with Crippen molar-refractivity contribution in [1.82, 2.24) is 5.43 Å². The van der Waals surface area contributed by atoms with E-state index in [-0.39, 0.29) is 10.8 Å². The van der Waals surface area contributed by atoms with Crippen LogP contribution in [0.3, 0.4) is 0 Å². The molecule has 4 aromatic carbocycles. The summed E-state index contributed by atoms with van der Waals surface area (Å²) < 4.78 is 28.1. The Morgan fingerprint density at radius 3 is 2.24 bits per heavy atom. The number of hydrogen-bond donors (Lipinski definition) is 2. The fourth-order valence-electron chi connectivity index (χ4n) is 3.95. The second-order valence-electron chi connectivity index (χ2n) is 9.37. The first-order valence-corrected chi connectivity index (χ1v) is 14.5. The van der Waals surface area contributed by atoms with Crippen LogP contribution < -0.4 is 15.0 Å². The highest BCUT2D eigenvalue weighted by atomic mass is 35.5. The van der Waals surface area contributed by atoms with Gasteiger partial charge in [0.2, 0.25) is 0 Å². The van der Waals surface area contributed by atoms with Crippen molar-refractivity contribution >= 4 is 50.5 Å². The van der Waals surface area contributed by atoms with Crippen LogP contribution in [0.5, 0.6) is 0 Å². The fraction of sp³-hybridized carbons (Fsp3) is 0.129. The number of rotatable bonds is 9. The van der Waals surface area contributed by atoms with Crippen LogP contribution in [0.1, 0.15) is 34.0 Å². The molecule has 0 spiro atoms. The third-order valence-corrected chi connectivity index (χ3v) is 8.39. The molecule has 0 aromatic heterocycles. The molecule has 0 saturated carbocycles. The topological polar surface area (TPSA) is 108 Å². The van der Waals surface area contributed by atoms with Gasteiger partial charge in [0, 0.05) is 16.3 Å². The van der Waals surface area contributed by atoms with Gasteiger partial charge in [0.25, 0.3) is 21.8 Å². The molecule has 0 aliphatic carbocycles. The van der Waals surface area contributed by atoms with Crippen molar-refractivity contribution in [3.8, 4) is 0 Å². The van der Waals surface area contributed by atoms with Crippen LogP contribution in [-0.4, -0.2) is 32.5 Å². The van der Waals surface area contributed by atoms with E-state index in [2.05, 4.69) is 15.8 Å². The minimum absolute atomic E-state index is 0.0716. The van der Waals surface area contributed by atoms with Gasteiger partial charge in [-0.2, -0.15) is 5.10 Å². The summed E-state index contributed by atoms with van der Waals surface area (Å²) in [5, 5.41) is 7.46. The number of halogens is 1. The van der Waals surface area contributed by atoms with Crippen molar-refractivity contribution in [3.05, 3.63) is 124 Å². The lowest BCUT2D eigenvalue weighted by molar-refractivity contribution is -0.119. The molecule has 8 nitrogen and oxygen atoms in total. The maximum Gasteiger partial charge on any atom is 0.264 e. The third kappa shape index (κ3) is 7.39. The summed E-state index contributed by atoms with van der Waals surface area (Å²) in [6, 6.07) is 26.8. The molecule has 4 rings (SSSR count). The van der Waals surface area contributed by atoms with Crippen molar-refractivity contribution in [2.75, 3.05) is 16.2 Å². The molecule has 0 atom stereocenters. The molecule has 0 fully saturated rings. The Kier molecular flexibility index (Phi) is 9.21. The molecule has 2 N–H and O–H groups in total. The maximum absolute atomic E-state index is 13.5. The van der Waals surface area contributed by atoms with Gasteiger partial charge in [0.15, 0.2) is 0 Å². The van der Waals surface area contributed by atoms with Crippen LogP contribution in [0.4, 0.5) is 11.4 Å². The SMILES string of the molecule is C/C(=N/NC(=O)CN(c1ccc(C)c(C)c1)S(=O)(=O)c1ccccc1)c1cccc(NC(=O)c2cccc(Cl)c2)c1. The van der Waals surface area contributed by atoms with Gasteiger partial charge in [-0.15, -0.1) is 0 Å². The van der Waals surface area contributed by atoms with Crippen LogP contribution in [-0.2, 0) is 14.8 Å². The molecule has 0 saturated heterocycles. The predicted molar refractivity (Wildman–Crippen MR) is 163 cm³/mol. The summed E-state index contributed by atoms with van der Waals surface area (Å²) >= 11 is 5.99. The van der Waals surface area contributed by atoms with Gasteiger partial charge >= 0.3 is 0 Å². The maximum atomic E-state index is 13.5. The van der Waals surface area contributed by atoms with Crippen molar-refractivity contribution in [1.29, 1.82) is 0 Å². The van der Waals surface area contributed by atoms with E-state index in [1.54, 1.807) is 85.8 Å². The van der Waals surface area contributed by atoms with Gasteiger partial charge < -0.3 is 5.32 Å². The molecule has 0 bridgehead atoms. The van der Waals surface area contributed by atoms with E-state index in [4.69, 9.17) is 11.6 Å². The average molecular weight is 589 g/mol. The van der Waals surface area contributed by atoms with Crippen molar-refractivity contribution < 1.29 is 18.0 Å². The summed E-state index contributed by atoms with van der Waals surface area (Å²) in [5.41, 5.74) is 6.79. The molecule has 0 radical (unpaired) electrons. The first-order valence-electron chi connectivity index (χ1n) is 12.7. The van der Waals surface area contributed by atoms with Crippen LogP contribution in [0, 0.1) is 13.8 Å². The van der Waals surface area contributed by atoms with E-state index in [1.807, 2.05) is 19.9 Å². The van der Waals surface area contributed by atoms with Crippen molar-refractivity contribution in [3.63, 3.8) is 0 Å². The zero-order chi connectivity index (χ0) is 29.6. The van der Waals surface area contributed by atoms with Gasteiger partial charge in [0.1, 0.15) is 6.54 Å². The minimum atomic E-state index is -4.04. The Morgan fingerprint density at radius 1 is 0.829 bits per heavy atom. The number of sulfonamides is 1. The third-order valence-electron chi connectivity index (χ3n) is 6.37. The van der Waals surface area contributed by atoms with E-state index in [9.17, 15) is 18.0 Å².